The number of thioether (sulfide) groups is 1. The third-order valence-electron chi connectivity index (χ3n) is 6.55. The van der Waals surface area contributed by atoms with E-state index >= 15 is 0 Å². The van der Waals surface area contributed by atoms with Crippen LogP contribution in [0, 0.1) is 0 Å². The van der Waals surface area contributed by atoms with E-state index in [2.05, 4.69) is 61.5 Å². The minimum Gasteiger partial charge on any atom is -0.232 e. The second-order valence-corrected chi connectivity index (χ2v) is 9.69. The Morgan fingerprint density at radius 3 is 2.45 bits per heavy atom. The van der Waals surface area contributed by atoms with Crippen LogP contribution >= 0.6 is 11.8 Å². The molecule has 1 spiro atoms. The first-order valence-electron chi connectivity index (χ1n) is 11.0. The first-order valence-corrected chi connectivity index (χ1v) is 11.9. The molecule has 5 rings (SSSR count). The molecule has 2 nitrogen and oxygen atoms in total. The smallest absolute Gasteiger partial charge is 0.134 e. The van der Waals surface area contributed by atoms with Gasteiger partial charge in [0.2, 0.25) is 0 Å². The summed E-state index contributed by atoms with van der Waals surface area (Å²) in [6, 6.07) is 19.5. The number of hydrogen-bond donors (Lipinski definition) is 0. The molecule has 0 aliphatic heterocycles. The fourth-order valence-electron chi connectivity index (χ4n) is 5.27. The predicted molar refractivity (Wildman–Crippen MR) is 122 cm³/mol. The van der Waals surface area contributed by atoms with Crippen molar-refractivity contribution in [3.05, 3.63) is 77.1 Å². The quantitative estimate of drug-likeness (QED) is 0.364. The Kier molecular flexibility index (Phi) is 5.17. The summed E-state index contributed by atoms with van der Waals surface area (Å²) in [5.74, 6) is 2.00. The molecule has 29 heavy (non-hydrogen) atoms. The number of fused-ring (bicyclic) bond motifs is 4. The highest BCUT2D eigenvalue weighted by Crippen LogP contribution is 2.52. The van der Waals surface area contributed by atoms with Crippen LogP contribution in [0.25, 0.3) is 11.3 Å². The first-order chi connectivity index (χ1) is 14.3. The molecule has 3 aromatic rings. The van der Waals surface area contributed by atoms with E-state index in [0.29, 0.717) is 0 Å². The van der Waals surface area contributed by atoms with Crippen LogP contribution in [-0.2, 0) is 18.3 Å². The Bertz CT molecular complexity index is 1010. The maximum absolute atomic E-state index is 5.22. The standard InChI is InChI=1S/C26H28N2S/c1-2-29-25-23-24(27-22(28-25)17-19-11-5-3-6-12-19)21-14-8-7-13-20(21)18-26(23)15-9-4-10-16-26/h3,5-8,11-14H,2,4,9-10,15-18H2,1H3. The van der Waals surface area contributed by atoms with E-state index in [-0.39, 0.29) is 5.41 Å². The Hall–Kier alpha value is -2.13. The Morgan fingerprint density at radius 2 is 1.66 bits per heavy atom. The Labute approximate surface area is 178 Å². The van der Waals surface area contributed by atoms with Crippen LogP contribution in [0.4, 0.5) is 0 Å². The molecule has 1 heterocycles. The number of hydrogen-bond acceptors (Lipinski definition) is 3. The van der Waals surface area contributed by atoms with Crippen LogP contribution in [0.2, 0.25) is 0 Å². The van der Waals surface area contributed by atoms with E-state index in [1.54, 1.807) is 0 Å². The minimum atomic E-state index is 0.227. The van der Waals surface area contributed by atoms with Crippen molar-refractivity contribution in [1.82, 2.24) is 9.97 Å². The summed E-state index contributed by atoms with van der Waals surface area (Å²) in [6.07, 6.45) is 8.49. The zero-order chi connectivity index (χ0) is 19.7. The van der Waals surface area contributed by atoms with Gasteiger partial charge in [0.25, 0.3) is 0 Å². The van der Waals surface area contributed by atoms with Crippen molar-refractivity contribution in [2.45, 2.75) is 62.3 Å². The summed E-state index contributed by atoms with van der Waals surface area (Å²) >= 11 is 1.91. The highest BCUT2D eigenvalue weighted by molar-refractivity contribution is 7.99. The average Bonchev–Trinajstić information content (AvgIpc) is 2.75. The summed E-state index contributed by atoms with van der Waals surface area (Å²) in [6.45, 7) is 2.24. The summed E-state index contributed by atoms with van der Waals surface area (Å²) in [5, 5.41) is 1.24. The van der Waals surface area contributed by atoms with Crippen molar-refractivity contribution in [3.8, 4) is 11.3 Å². The number of rotatable bonds is 4. The lowest BCUT2D eigenvalue weighted by atomic mass is 9.62. The molecular formula is C26H28N2S. The number of aromatic nitrogens is 2. The summed E-state index contributed by atoms with van der Waals surface area (Å²) in [5.41, 5.74) is 6.97. The fraction of sp³-hybridized carbons (Fsp3) is 0.385. The van der Waals surface area contributed by atoms with Crippen LogP contribution in [0.15, 0.2) is 59.6 Å². The molecule has 0 saturated heterocycles. The largest absolute Gasteiger partial charge is 0.232 e. The Balaban J connectivity index is 1.70. The van der Waals surface area contributed by atoms with Gasteiger partial charge in [0.05, 0.1) is 5.69 Å². The maximum atomic E-state index is 5.22. The van der Waals surface area contributed by atoms with Gasteiger partial charge in [0.15, 0.2) is 0 Å². The molecule has 0 bridgehead atoms. The molecule has 3 heteroatoms. The van der Waals surface area contributed by atoms with Crippen LogP contribution in [0.5, 0.6) is 0 Å². The van der Waals surface area contributed by atoms with Crippen LogP contribution in [0.1, 0.15) is 61.5 Å². The SMILES string of the molecule is CCSc1nc(Cc2ccccc2)nc2c1C1(CCCCC1)Cc1ccccc1-2. The summed E-state index contributed by atoms with van der Waals surface area (Å²) < 4.78 is 0. The van der Waals surface area contributed by atoms with Gasteiger partial charge in [0.1, 0.15) is 10.9 Å². The van der Waals surface area contributed by atoms with Gasteiger partial charge in [-0.2, -0.15) is 0 Å². The lowest BCUT2D eigenvalue weighted by Crippen LogP contribution is -2.36. The van der Waals surface area contributed by atoms with E-state index in [9.17, 15) is 0 Å². The third-order valence-corrected chi connectivity index (χ3v) is 7.41. The lowest BCUT2D eigenvalue weighted by molar-refractivity contribution is 0.281. The second-order valence-electron chi connectivity index (χ2n) is 8.44. The van der Waals surface area contributed by atoms with E-state index in [0.717, 1.165) is 24.4 Å². The average molecular weight is 401 g/mol. The summed E-state index contributed by atoms with van der Waals surface area (Å²) in [7, 11) is 0. The van der Waals surface area contributed by atoms with Crippen molar-refractivity contribution < 1.29 is 0 Å². The van der Waals surface area contributed by atoms with Gasteiger partial charge < -0.3 is 0 Å². The van der Waals surface area contributed by atoms with Gasteiger partial charge in [-0.15, -0.1) is 11.8 Å². The normalized spacial score (nSPS) is 17.0. The van der Waals surface area contributed by atoms with Gasteiger partial charge in [-0.05, 0) is 36.1 Å². The van der Waals surface area contributed by atoms with Crippen LogP contribution in [-0.4, -0.2) is 15.7 Å². The molecule has 1 fully saturated rings. The molecule has 0 amide bonds. The van der Waals surface area contributed by atoms with Crippen molar-refractivity contribution in [2.24, 2.45) is 0 Å². The van der Waals surface area contributed by atoms with Crippen LogP contribution < -0.4 is 0 Å². The van der Waals surface area contributed by atoms with E-state index in [1.807, 2.05) is 11.8 Å². The Morgan fingerprint density at radius 1 is 0.897 bits per heavy atom. The molecule has 0 N–H and O–H groups in total. The molecule has 148 valence electrons. The zero-order valence-electron chi connectivity index (χ0n) is 17.2. The van der Waals surface area contributed by atoms with Crippen molar-refractivity contribution in [2.75, 3.05) is 5.75 Å². The van der Waals surface area contributed by atoms with Crippen LogP contribution in [0.3, 0.4) is 0 Å². The van der Waals surface area contributed by atoms with Gasteiger partial charge in [-0.1, -0.05) is 80.8 Å². The van der Waals surface area contributed by atoms with Crippen molar-refractivity contribution in [3.63, 3.8) is 0 Å². The molecule has 0 atom stereocenters. The van der Waals surface area contributed by atoms with Gasteiger partial charge in [-0.3, -0.25) is 0 Å². The topological polar surface area (TPSA) is 25.8 Å². The minimum absolute atomic E-state index is 0.227. The molecule has 0 radical (unpaired) electrons. The molecule has 0 unspecified atom stereocenters. The van der Waals surface area contributed by atoms with Crippen molar-refractivity contribution >= 4 is 11.8 Å². The predicted octanol–water partition coefficient (Wildman–Crippen LogP) is 6.60. The lowest BCUT2D eigenvalue weighted by Gasteiger charge is -2.43. The monoisotopic (exact) mass is 400 g/mol. The van der Waals surface area contributed by atoms with E-state index in [4.69, 9.17) is 9.97 Å². The van der Waals surface area contributed by atoms with Gasteiger partial charge in [-0.25, -0.2) is 9.97 Å². The van der Waals surface area contributed by atoms with Gasteiger partial charge in [0, 0.05) is 23.0 Å². The molecule has 1 saturated carbocycles. The summed E-state index contributed by atoms with van der Waals surface area (Å²) in [4.78, 5) is 10.4. The fourth-order valence-corrected chi connectivity index (χ4v) is 6.17. The molecule has 2 aliphatic rings. The highest BCUT2D eigenvalue weighted by Gasteiger charge is 2.42. The zero-order valence-corrected chi connectivity index (χ0v) is 18.0. The molecule has 2 aromatic carbocycles. The maximum Gasteiger partial charge on any atom is 0.134 e. The third kappa shape index (κ3) is 3.50. The molecule has 1 aromatic heterocycles. The first kappa shape index (κ1) is 18.9. The number of benzene rings is 2. The van der Waals surface area contributed by atoms with E-state index < -0.39 is 0 Å². The van der Waals surface area contributed by atoms with E-state index in [1.165, 1.54) is 65.1 Å². The highest BCUT2D eigenvalue weighted by atomic mass is 32.2. The van der Waals surface area contributed by atoms with Gasteiger partial charge >= 0.3 is 0 Å². The molecule has 2 aliphatic carbocycles. The number of nitrogens with zero attached hydrogens (tertiary/aromatic N) is 2. The molecular weight excluding hydrogens is 372 g/mol. The van der Waals surface area contributed by atoms with Crippen molar-refractivity contribution in [1.29, 1.82) is 0 Å². The second kappa shape index (κ2) is 7.95.